The standard InChI is InChI=1S/C13H16N6O6/c1-13(2)24-8-6(4-20)23-11(9(8)25-13)19-5(10-15-17-18-16-10)3-7(21)14-12(19)22/h3,6,8-9,11,20H,4H2,1-2H3,(H,14,21,22)(H,15,16,17,18)/t6-,8-,9-,11-/m1/s1. The number of aliphatic hydroxyl groups is 1. The Morgan fingerprint density at radius 2 is 2.08 bits per heavy atom. The van der Waals surface area contributed by atoms with Crippen molar-refractivity contribution in [2.45, 2.75) is 44.2 Å². The molecule has 2 saturated heterocycles. The lowest BCUT2D eigenvalue weighted by atomic mass is 10.1. The third-order valence-electron chi connectivity index (χ3n) is 4.11. The Hall–Kier alpha value is -2.41. The predicted molar refractivity (Wildman–Crippen MR) is 79.3 cm³/mol. The molecule has 2 aromatic rings. The molecular formula is C13H16N6O6. The highest BCUT2D eigenvalue weighted by atomic mass is 16.8. The number of aliphatic hydroxyl groups excluding tert-OH is 1. The molecule has 0 aromatic carbocycles. The number of nitrogens with one attached hydrogen (secondary N) is 2. The van der Waals surface area contributed by atoms with Crippen LogP contribution in [0.5, 0.6) is 0 Å². The molecule has 134 valence electrons. The highest BCUT2D eigenvalue weighted by molar-refractivity contribution is 5.47. The number of aromatic nitrogens is 6. The maximum absolute atomic E-state index is 12.5. The van der Waals surface area contributed by atoms with Crippen molar-refractivity contribution < 1.29 is 19.3 Å². The van der Waals surface area contributed by atoms with Crippen LogP contribution in [0, 0.1) is 0 Å². The fourth-order valence-corrected chi connectivity index (χ4v) is 3.21. The second-order valence-electron chi connectivity index (χ2n) is 6.24. The minimum Gasteiger partial charge on any atom is -0.394 e. The third-order valence-corrected chi connectivity index (χ3v) is 4.11. The molecule has 2 aliphatic heterocycles. The first-order valence-corrected chi connectivity index (χ1v) is 7.61. The fourth-order valence-electron chi connectivity index (χ4n) is 3.21. The zero-order valence-corrected chi connectivity index (χ0v) is 13.4. The van der Waals surface area contributed by atoms with Crippen molar-refractivity contribution in [1.82, 2.24) is 30.2 Å². The summed E-state index contributed by atoms with van der Waals surface area (Å²) in [6.45, 7) is 3.14. The van der Waals surface area contributed by atoms with Crippen LogP contribution in [-0.2, 0) is 14.2 Å². The van der Waals surface area contributed by atoms with Crippen molar-refractivity contribution in [3.63, 3.8) is 0 Å². The molecule has 2 aliphatic rings. The predicted octanol–water partition coefficient (Wildman–Crippen LogP) is -1.87. The molecular weight excluding hydrogens is 336 g/mol. The van der Waals surface area contributed by atoms with Crippen LogP contribution < -0.4 is 11.2 Å². The van der Waals surface area contributed by atoms with Gasteiger partial charge in [0.25, 0.3) is 5.56 Å². The van der Waals surface area contributed by atoms with Gasteiger partial charge in [-0.2, -0.15) is 5.21 Å². The first-order valence-electron chi connectivity index (χ1n) is 7.61. The van der Waals surface area contributed by atoms with Gasteiger partial charge < -0.3 is 19.3 Å². The van der Waals surface area contributed by atoms with E-state index in [9.17, 15) is 14.7 Å². The SMILES string of the molecule is CC1(C)O[C@@H]2[C@H](O1)[C@@H](CO)O[C@H]2n1c(-c2nn[nH]n2)cc(=O)[nH]c1=O. The number of hydrogen-bond donors (Lipinski definition) is 3. The quantitative estimate of drug-likeness (QED) is 0.575. The summed E-state index contributed by atoms with van der Waals surface area (Å²) in [4.78, 5) is 26.4. The molecule has 4 atom stereocenters. The molecule has 2 fully saturated rings. The van der Waals surface area contributed by atoms with E-state index in [0.29, 0.717) is 0 Å². The average Bonchev–Trinajstić information content (AvgIpc) is 3.22. The van der Waals surface area contributed by atoms with E-state index in [4.69, 9.17) is 14.2 Å². The second-order valence-corrected chi connectivity index (χ2v) is 6.24. The van der Waals surface area contributed by atoms with Crippen molar-refractivity contribution in [3.8, 4) is 11.5 Å². The Morgan fingerprint density at radius 3 is 2.76 bits per heavy atom. The molecule has 4 heterocycles. The maximum Gasteiger partial charge on any atom is 0.331 e. The van der Waals surface area contributed by atoms with Crippen LogP contribution in [0.15, 0.2) is 15.7 Å². The van der Waals surface area contributed by atoms with Crippen molar-refractivity contribution >= 4 is 0 Å². The summed E-state index contributed by atoms with van der Waals surface area (Å²) in [6.07, 6.45) is -2.86. The zero-order chi connectivity index (χ0) is 17.8. The summed E-state index contributed by atoms with van der Waals surface area (Å²) in [5.41, 5.74) is -1.22. The summed E-state index contributed by atoms with van der Waals surface area (Å²) < 4.78 is 18.6. The van der Waals surface area contributed by atoms with Gasteiger partial charge >= 0.3 is 5.69 Å². The van der Waals surface area contributed by atoms with E-state index in [1.807, 2.05) is 0 Å². The Kier molecular flexibility index (Phi) is 3.57. The Bertz CT molecular complexity index is 889. The van der Waals surface area contributed by atoms with Crippen molar-refractivity contribution in [3.05, 3.63) is 26.9 Å². The molecule has 4 rings (SSSR count). The Balaban J connectivity index is 1.85. The number of H-pyrrole nitrogens is 2. The molecule has 0 bridgehead atoms. The van der Waals surface area contributed by atoms with Crippen molar-refractivity contribution in [1.29, 1.82) is 0 Å². The van der Waals surface area contributed by atoms with Gasteiger partial charge in [0.2, 0.25) is 5.82 Å². The van der Waals surface area contributed by atoms with E-state index in [-0.39, 0.29) is 18.1 Å². The smallest absolute Gasteiger partial charge is 0.331 e. The van der Waals surface area contributed by atoms with E-state index >= 15 is 0 Å². The van der Waals surface area contributed by atoms with E-state index in [1.54, 1.807) is 13.8 Å². The number of rotatable bonds is 3. The molecule has 3 N–H and O–H groups in total. The minimum atomic E-state index is -0.943. The normalized spacial score (nSPS) is 30.5. The van der Waals surface area contributed by atoms with Gasteiger partial charge in [-0.3, -0.25) is 14.3 Å². The van der Waals surface area contributed by atoms with Gasteiger partial charge in [0.05, 0.1) is 6.61 Å². The molecule has 25 heavy (non-hydrogen) atoms. The van der Waals surface area contributed by atoms with Crippen LogP contribution in [0.3, 0.4) is 0 Å². The van der Waals surface area contributed by atoms with Gasteiger partial charge in [0.15, 0.2) is 12.0 Å². The van der Waals surface area contributed by atoms with Crippen LogP contribution in [-0.4, -0.2) is 66.0 Å². The van der Waals surface area contributed by atoms with Crippen LogP contribution in [0.2, 0.25) is 0 Å². The second kappa shape index (κ2) is 5.56. The fraction of sp³-hybridized carbons (Fsp3) is 0.615. The maximum atomic E-state index is 12.5. The van der Waals surface area contributed by atoms with Gasteiger partial charge in [-0.15, -0.1) is 10.2 Å². The van der Waals surface area contributed by atoms with E-state index in [1.165, 1.54) is 4.57 Å². The largest absolute Gasteiger partial charge is 0.394 e. The van der Waals surface area contributed by atoms with Gasteiger partial charge in [0.1, 0.15) is 24.0 Å². The number of aromatic amines is 2. The van der Waals surface area contributed by atoms with Crippen LogP contribution in [0.25, 0.3) is 11.5 Å². The number of ether oxygens (including phenoxy) is 3. The van der Waals surface area contributed by atoms with Crippen molar-refractivity contribution in [2.75, 3.05) is 6.61 Å². The monoisotopic (exact) mass is 352 g/mol. The van der Waals surface area contributed by atoms with E-state index < -0.39 is 41.6 Å². The van der Waals surface area contributed by atoms with Gasteiger partial charge in [-0.25, -0.2) is 4.79 Å². The number of hydrogen-bond acceptors (Lipinski definition) is 9. The summed E-state index contributed by atoms with van der Waals surface area (Å²) in [5, 5.41) is 22.9. The lowest BCUT2D eigenvalue weighted by molar-refractivity contribution is -0.200. The van der Waals surface area contributed by atoms with Gasteiger partial charge in [0, 0.05) is 6.07 Å². The molecule has 0 saturated carbocycles. The first kappa shape index (κ1) is 16.1. The van der Waals surface area contributed by atoms with Crippen LogP contribution in [0.4, 0.5) is 0 Å². The highest BCUT2D eigenvalue weighted by Crippen LogP contribution is 2.43. The summed E-state index contributed by atoms with van der Waals surface area (Å²) in [5.74, 6) is -0.850. The zero-order valence-electron chi connectivity index (χ0n) is 13.4. The van der Waals surface area contributed by atoms with Gasteiger partial charge in [-0.05, 0) is 19.1 Å². The van der Waals surface area contributed by atoms with Gasteiger partial charge in [-0.1, -0.05) is 0 Å². The molecule has 0 aliphatic carbocycles. The lowest BCUT2D eigenvalue weighted by Crippen LogP contribution is -2.38. The minimum absolute atomic E-state index is 0.0500. The molecule has 12 nitrogen and oxygen atoms in total. The summed E-state index contributed by atoms with van der Waals surface area (Å²) in [7, 11) is 0. The summed E-state index contributed by atoms with van der Waals surface area (Å²) in [6, 6.07) is 1.16. The third kappa shape index (κ3) is 2.59. The number of nitrogens with zero attached hydrogens (tertiary/aromatic N) is 4. The molecule has 2 aromatic heterocycles. The summed E-state index contributed by atoms with van der Waals surface area (Å²) >= 11 is 0. The van der Waals surface area contributed by atoms with E-state index in [2.05, 4.69) is 25.6 Å². The molecule has 0 unspecified atom stereocenters. The average molecular weight is 352 g/mol. The lowest BCUT2D eigenvalue weighted by Gasteiger charge is -2.25. The van der Waals surface area contributed by atoms with Crippen LogP contribution >= 0.6 is 0 Å². The number of tetrazole rings is 1. The molecule has 0 amide bonds. The Labute approximate surface area is 139 Å². The number of fused-ring (bicyclic) bond motifs is 1. The Morgan fingerprint density at radius 1 is 1.32 bits per heavy atom. The first-order chi connectivity index (χ1) is 11.9. The molecule has 12 heteroatoms. The molecule has 0 radical (unpaired) electrons. The van der Waals surface area contributed by atoms with Crippen LogP contribution in [0.1, 0.15) is 20.1 Å². The highest BCUT2D eigenvalue weighted by Gasteiger charge is 2.56. The van der Waals surface area contributed by atoms with Crippen molar-refractivity contribution in [2.24, 2.45) is 0 Å². The van der Waals surface area contributed by atoms with E-state index in [0.717, 1.165) is 6.07 Å². The topological polar surface area (TPSA) is 157 Å². The molecule has 0 spiro atoms.